The van der Waals surface area contributed by atoms with Crippen molar-refractivity contribution in [2.45, 2.75) is 31.8 Å². The molecule has 3 atom stereocenters. The molecule has 3 aromatic carbocycles. The van der Waals surface area contributed by atoms with E-state index in [9.17, 15) is 9.59 Å². The molecule has 0 fully saturated rings. The average molecular weight is 489 g/mol. The number of hydrogen-bond donors (Lipinski definition) is 1. The summed E-state index contributed by atoms with van der Waals surface area (Å²) in [6.45, 7) is 1.25. The van der Waals surface area contributed by atoms with Gasteiger partial charge in [0.25, 0.3) is 0 Å². The third-order valence-corrected chi connectivity index (χ3v) is 7.55. The Balaban J connectivity index is 1.51. The number of hydrogen-bond acceptors (Lipinski definition) is 5. The quantitative estimate of drug-likeness (QED) is 0.453. The van der Waals surface area contributed by atoms with Crippen molar-refractivity contribution in [3.8, 4) is 0 Å². The summed E-state index contributed by atoms with van der Waals surface area (Å²) < 4.78 is 5.19. The Bertz CT molecular complexity index is 1700. The standard InChI is InChI=1S/C32H28N2O3/c1-20(35)37-32(36)31(34-17-7-6-10-22-9-3-5-12-30(22)34)28-18-23-14-16-25-24-11-4-2-8-21(24)13-15-26(25)27(23)19-29(28)33/h2-14,16-18,28-29,31H,15,19,33H2,1H3/t28?,29-,31?/m0/s1. The summed E-state index contributed by atoms with van der Waals surface area (Å²) in [5.74, 6) is -1.60. The summed E-state index contributed by atoms with van der Waals surface area (Å²) in [4.78, 5) is 27.2. The van der Waals surface area contributed by atoms with E-state index < -0.39 is 18.0 Å². The van der Waals surface area contributed by atoms with E-state index in [1.165, 1.54) is 33.7 Å². The second-order valence-electron chi connectivity index (χ2n) is 9.79. The van der Waals surface area contributed by atoms with Gasteiger partial charge in [-0.3, -0.25) is 4.79 Å². The Labute approximate surface area is 215 Å². The van der Waals surface area contributed by atoms with Crippen LogP contribution in [0.15, 0.2) is 79.0 Å². The van der Waals surface area contributed by atoms with E-state index in [2.05, 4.69) is 48.6 Å². The van der Waals surface area contributed by atoms with Crippen LogP contribution in [0.3, 0.4) is 0 Å². The van der Waals surface area contributed by atoms with Crippen LogP contribution in [-0.4, -0.2) is 24.0 Å². The van der Waals surface area contributed by atoms with Crippen LogP contribution in [0.25, 0.3) is 18.2 Å². The van der Waals surface area contributed by atoms with Crippen LogP contribution >= 0.6 is 0 Å². The lowest BCUT2D eigenvalue weighted by Gasteiger charge is -2.38. The van der Waals surface area contributed by atoms with Gasteiger partial charge >= 0.3 is 11.9 Å². The summed E-state index contributed by atoms with van der Waals surface area (Å²) in [6.07, 6.45) is 13.6. The number of esters is 2. The molecule has 3 aliphatic rings. The highest BCUT2D eigenvalue weighted by atomic mass is 16.6. The summed E-state index contributed by atoms with van der Waals surface area (Å²) >= 11 is 0. The number of para-hydroxylation sites is 1. The highest BCUT2D eigenvalue weighted by Crippen LogP contribution is 2.32. The zero-order chi connectivity index (χ0) is 25.5. The molecule has 1 heterocycles. The van der Waals surface area contributed by atoms with Gasteiger partial charge in [-0.15, -0.1) is 0 Å². The molecule has 5 heteroatoms. The fourth-order valence-electron chi connectivity index (χ4n) is 5.90. The van der Waals surface area contributed by atoms with Gasteiger partial charge in [0.05, 0.1) is 0 Å². The van der Waals surface area contributed by atoms with Gasteiger partial charge < -0.3 is 15.4 Å². The summed E-state index contributed by atoms with van der Waals surface area (Å²) in [5.41, 5.74) is 11.2. The van der Waals surface area contributed by atoms with E-state index in [0.29, 0.717) is 6.42 Å². The Hall–Kier alpha value is -4.22. The minimum Gasteiger partial charge on any atom is -0.392 e. The molecule has 2 aliphatic carbocycles. The normalized spacial score (nSPS) is 19.7. The molecule has 0 aromatic heterocycles. The summed E-state index contributed by atoms with van der Waals surface area (Å²) in [5, 5.41) is 4.83. The predicted molar refractivity (Wildman–Crippen MR) is 145 cm³/mol. The van der Waals surface area contributed by atoms with Crippen molar-refractivity contribution in [2.75, 3.05) is 4.90 Å². The first kappa shape index (κ1) is 23.2. The van der Waals surface area contributed by atoms with Gasteiger partial charge in [0.1, 0.15) is 6.04 Å². The molecule has 0 saturated heterocycles. The molecule has 0 amide bonds. The predicted octanol–water partition coefficient (Wildman–Crippen LogP) is 3.10. The van der Waals surface area contributed by atoms with Crippen molar-refractivity contribution >= 4 is 35.9 Å². The summed E-state index contributed by atoms with van der Waals surface area (Å²) in [6, 6.07) is 19.5. The Morgan fingerprint density at radius 1 is 0.946 bits per heavy atom. The minimum atomic E-state index is -0.798. The van der Waals surface area contributed by atoms with Crippen molar-refractivity contribution in [1.82, 2.24) is 0 Å². The first-order valence-corrected chi connectivity index (χ1v) is 12.6. The average Bonchev–Trinajstić information content (AvgIpc) is 3.11. The molecule has 3 aromatic rings. The van der Waals surface area contributed by atoms with E-state index in [1.807, 2.05) is 53.6 Å². The zero-order valence-corrected chi connectivity index (χ0v) is 20.6. The van der Waals surface area contributed by atoms with E-state index in [0.717, 1.165) is 22.9 Å². The third-order valence-electron chi connectivity index (χ3n) is 7.55. The van der Waals surface area contributed by atoms with Crippen LogP contribution in [0.5, 0.6) is 0 Å². The van der Waals surface area contributed by atoms with E-state index in [4.69, 9.17) is 10.5 Å². The van der Waals surface area contributed by atoms with Crippen molar-refractivity contribution in [3.05, 3.63) is 117 Å². The molecular weight excluding hydrogens is 460 g/mol. The van der Waals surface area contributed by atoms with E-state index in [1.54, 1.807) is 0 Å². The lowest BCUT2D eigenvalue weighted by atomic mass is 9.79. The summed E-state index contributed by atoms with van der Waals surface area (Å²) in [7, 11) is 0. The van der Waals surface area contributed by atoms with Crippen LogP contribution in [-0.2, 0) is 27.2 Å². The first-order chi connectivity index (χ1) is 18.0. The fourth-order valence-corrected chi connectivity index (χ4v) is 5.90. The highest BCUT2D eigenvalue weighted by Gasteiger charge is 2.40. The van der Waals surface area contributed by atoms with Gasteiger partial charge in [-0.25, -0.2) is 4.79 Å². The van der Waals surface area contributed by atoms with Crippen molar-refractivity contribution in [3.63, 3.8) is 0 Å². The molecule has 2 unspecified atom stereocenters. The maximum Gasteiger partial charge on any atom is 0.337 e. The number of carbonyl (C=O) groups is 2. The minimum absolute atomic E-state index is 0.336. The van der Waals surface area contributed by atoms with Gasteiger partial charge in [0.15, 0.2) is 0 Å². The maximum absolute atomic E-state index is 13.5. The topological polar surface area (TPSA) is 72.6 Å². The molecule has 0 saturated carbocycles. The van der Waals surface area contributed by atoms with Gasteiger partial charge in [-0.1, -0.05) is 78.9 Å². The van der Waals surface area contributed by atoms with Crippen LogP contribution in [0, 0.1) is 16.4 Å². The monoisotopic (exact) mass is 488 g/mol. The number of anilines is 1. The smallest absolute Gasteiger partial charge is 0.337 e. The number of rotatable bonds is 3. The number of nitrogens with two attached hydrogens (primary N) is 1. The second kappa shape index (κ2) is 9.34. The Morgan fingerprint density at radius 2 is 1.76 bits per heavy atom. The van der Waals surface area contributed by atoms with Crippen molar-refractivity contribution < 1.29 is 14.3 Å². The molecule has 2 N–H and O–H groups in total. The van der Waals surface area contributed by atoms with E-state index >= 15 is 0 Å². The first-order valence-electron chi connectivity index (χ1n) is 12.6. The molecule has 37 heavy (non-hydrogen) atoms. The molecule has 184 valence electrons. The number of allylic oxidation sites excluding steroid dienone is 2. The molecule has 5 nitrogen and oxygen atoms in total. The number of carbonyl (C=O) groups excluding carboxylic acids is 2. The number of benzene rings is 3. The fraction of sp³-hybridized carbons (Fsp3) is 0.188. The van der Waals surface area contributed by atoms with Gasteiger partial charge in [-0.2, -0.15) is 0 Å². The molecule has 1 aliphatic heterocycles. The molecule has 0 bridgehead atoms. The second-order valence-corrected chi connectivity index (χ2v) is 9.79. The molecule has 0 spiro atoms. The van der Waals surface area contributed by atoms with Crippen molar-refractivity contribution in [1.29, 1.82) is 0 Å². The van der Waals surface area contributed by atoms with Gasteiger partial charge in [-0.05, 0) is 62.5 Å². The lowest BCUT2D eigenvalue weighted by Crippen LogP contribution is -2.53. The van der Waals surface area contributed by atoms with Crippen LogP contribution in [0.4, 0.5) is 5.69 Å². The highest BCUT2D eigenvalue weighted by molar-refractivity contribution is 5.92. The van der Waals surface area contributed by atoms with Crippen LogP contribution in [0.2, 0.25) is 0 Å². The molecule has 0 radical (unpaired) electrons. The molecular formula is C32H28N2O3. The maximum atomic E-state index is 13.5. The lowest BCUT2D eigenvalue weighted by molar-refractivity contribution is -0.159. The molecule has 6 rings (SSSR count). The Morgan fingerprint density at radius 3 is 2.62 bits per heavy atom. The Kier molecular flexibility index (Phi) is 5.85. The largest absolute Gasteiger partial charge is 0.392 e. The van der Waals surface area contributed by atoms with Crippen molar-refractivity contribution in [2.24, 2.45) is 11.7 Å². The zero-order valence-electron chi connectivity index (χ0n) is 20.6. The third kappa shape index (κ3) is 4.11. The van der Waals surface area contributed by atoms with Crippen LogP contribution < -0.4 is 21.1 Å². The number of ether oxygens (including phenoxy) is 1. The van der Waals surface area contributed by atoms with Gasteiger partial charge in [0, 0.05) is 30.8 Å². The van der Waals surface area contributed by atoms with E-state index in [-0.39, 0.29) is 12.0 Å². The number of fused-ring (bicyclic) bond motifs is 5. The number of nitrogens with zero attached hydrogens (tertiary/aromatic N) is 1. The SMILES string of the molecule is CC(=O)OC(=O)C(C1C=c2ccc3c(c2C[C@@H]1N)CC=c1ccccc1=3)N1C=CC=Cc2ccccc21. The van der Waals surface area contributed by atoms with Gasteiger partial charge in [0.2, 0.25) is 0 Å². The van der Waals surface area contributed by atoms with Crippen LogP contribution in [0.1, 0.15) is 23.6 Å².